The molecule has 0 radical (unpaired) electrons. The second kappa shape index (κ2) is 8.65. The molecule has 0 aliphatic heterocycles. The first-order valence-electron chi connectivity index (χ1n) is 7.64. The Bertz CT molecular complexity index is 747. The molecule has 0 heterocycles. The van der Waals surface area contributed by atoms with Crippen LogP contribution in [0.3, 0.4) is 0 Å². The summed E-state index contributed by atoms with van der Waals surface area (Å²) in [7, 11) is 0. The first kappa shape index (κ1) is 19.7. The van der Waals surface area contributed by atoms with E-state index in [2.05, 4.69) is 5.32 Å². The smallest absolute Gasteiger partial charge is 0.262 e. The van der Waals surface area contributed by atoms with Crippen molar-refractivity contribution in [2.24, 2.45) is 0 Å². The Labute approximate surface area is 162 Å². The van der Waals surface area contributed by atoms with Crippen LogP contribution in [0, 0.1) is 13.8 Å². The molecule has 0 atom stereocenters. The highest BCUT2D eigenvalue weighted by molar-refractivity contribution is 6.42. The SMILES string of the molecule is CCOc1ccc(NC(=O)COc2c(Cl)c(C)c(Cl)c(C)c2Cl)cc1. The third kappa shape index (κ3) is 4.72. The number of carbonyl (C=O) groups excluding carboxylic acids is 1. The molecular weight excluding hydrogens is 385 g/mol. The van der Waals surface area contributed by atoms with Crippen molar-refractivity contribution >= 4 is 46.4 Å². The largest absolute Gasteiger partial charge is 0.494 e. The molecule has 0 aliphatic rings. The van der Waals surface area contributed by atoms with Gasteiger partial charge in [0, 0.05) is 10.7 Å². The number of halogens is 3. The molecule has 0 aliphatic carbocycles. The van der Waals surface area contributed by atoms with Gasteiger partial charge in [0.2, 0.25) is 0 Å². The van der Waals surface area contributed by atoms with E-state index in [1.165, 1.54) is 0 Å². The Morgan fingerprint density at radius 3 is 2.04 bits per heavy atom. The molecule has 1 N–H and O–H groups in total. The van der Waals surface area contributed by atoms with E-state index in [0.717, 1.165) is 5.75 Å². The molecule has 0 unspecified atom stereocenters. The fourth-order valence-corrected chi connectivity index (χ4v) is 2.99. The van der Waals surface area contributed by atoms with Gasteiger partial charge in [-0.05, 0) is 56.2 Å². The lowest BCUT2D eigenvalue weighted by Crippen LogP contribution is -2.20. The topological polar surface area (TPSA) is 47.6 Å². The van der Waals surface area contributed by atoms with Crippen LogP contribution in [0.1, 0.15) is 18.1 Å². The van der Waals surface area contributed by atoms with E-state index in [1.54, 1.807) is 38.1 Å². The van der Waals surface area contributed by atoms with E-state index in [0.29, 0.717) is 38.5 Å². The van der Waals surface area contributed by atoms with Gasteiger partial charge < -0.3 is 14.8 Å². The summed E-state index contributed by atoms with van der Waals surface area (Å²) in [6.07, 6.45) is 0. The van der Waals surface area contributed by atoms with Crippen molar-refractivity contribution in [1.82, 2.24) is 0 Å². The van der Waals surface area contributed by atoms with Gasteiger partial charge in [-0.3, -0.25) is 4.79 Å². The minimum Gasteiger partial charge on any atom is -0.494 e. The van der Waals surface area contributed by atoms with E-state index >= 15 is 0 Å². The monoisotopic (exact) mass is 401 g/mol. The normalized spacial score (nSPS) is 10.5. The predicted molar refractivity (Wildman–Crippen MR) is 103 cm³/mol. The number of carbonyl (C=O) groups is 1. The highest BCUT2D eigenvalue weighted by Gasteiger charge is 2.18. The summed E-state index contributed by atoms with van der Waals surface area (Å²) in [5.41, 5.74) is 1.96. The third-order valence-corrected chi connectivity index (χ3v) is 4.99. The number of hydrogen-bond acceptors (Lipinski definition) is 3. The lowest BCUT2D eigenvalue weighted by atomic mass is 10.1. The molecule has 0 fully saturated rings. The first-order valence-corrected chi connectivity index (χ1v) is 8.77. The van der Waals surface area contributed by atoms with Crippen LogP contribution in [0.2, 0.25) is 15.1 Å². The van der Waals surface area contributed by atoms with Gasteiger partial charge in [0.15, 0.2) is 12.4 Å². The molecule has 25 heavy (non-hydrogen) atoms. The highest BCUT2D eigenvalue weighted by Crippen LogP contribution is 2.42. The van der Waals surface area contributed by atoms with Gasteiger partial charge in [-0.25, -0.2) is 0 Å². The number of rotatable bonds is 6. The maximum absolute atomic E-state index is 12.1. The van der Waals surface area contributed by atoms with Crippen LogP contribution < -0.4 is 14.8 Å². The molecule has 0 bridgehead atoms. The quantitative estimate of drug-likeness (QED) is 0.676. The molecule has 0 saturated carbocycles. The summed E-state index contributed by atoms with van der Waals surface area (Å²) < 4.78 is 10.9. The average Bonchev–Trinajstić information content (AvgIpc) is 2.60. The van der Waals surface area contributed by atoms with Crippen LogP contribution in [0.15, 0.2) is 24.3 Å². The van der Waals surface area contributed by atoms with Gasteiger partial charge in [0.25, 0.3) is 5.91 Å². The van der Waals surface area contributed by atoms with Gasteiger partial charge in [0.1, 0.15) is 5.75 Å². The summed E-state index contributed by atoms with van der Waals surface area (Å²) in [4.78, 5) is 12.1. The molecule has 2 aromatic carbocycles. The molecule has 134 valence electrons. The van der Waals surface area contributed by atoms with E-state index < -0.39 is 0 Å². The summed E-state index contributed by atoms with van der Waals surface area (Å²) in [5.74, 6) is 0.661. The maximum Gasteiger partial charge on any atom is 0.262 e. The van der Waals surface area contributed by atoms with Crippen molar-refractivity contribution in [3.05, 3.63) is 50.5 Å². The lowest BCUT2D eigenvalue weighted by Gasteiger charge is -2.15. The molecule has 7 heteroatoms. The zero-order chi connectivity index (χ0) is 18.6. The number of nitrogens with one attached hydrogen (secondary N) is 1. The van der Waals surface area contributed by atoms with Crippen molar-refractivity contribution in [3.63, 3.8) is 0 Å². The van der Waals surface area contributed by atoms with Crippen molar-refractivity contribution < 1.29 is 14.3 Å². The number of anilines is 1. The van der Waals surface area contributed by atoms with E-state index in [1.807, 2.05) is 6.92 Å². The predicted octanol–water partition coefficient (Wildman–Crippen LogP) is 5.68. The lowest BCUT2D eigenvalue weighted by molar-refractivity contribution is -0.118. The Hall–Kier alpha value is -1.62. The summed E-state index contributed by atoms with van der Waals surface area (Å²) in [6, 6.07) is 7.05. The minimum atomic E-state index is -0.332. The maximum atomic E-state index is 12.1. The molecule has 2 aromatic rings. The van der Waals surface area contributed by atoms with Crippen LogP contribution in [0.5, 0.6) is 11.5 Å². The minimum absolute atomic E-state index is 0.229. The van der Waals surface area contributed by atoms with Crippen molar-refractivity contribution in [3.8, 4) is 11.5 Å². The van der Waals surface area contributed by atoms with Gasteiger partial charge >= 0.3 is 0 Å². The standard InChI is InChI=1S/C18H18Cl3NO3/c1-4-24-13-7-5-12(6-8-13)22-14(23)9-25-18-16(20)10(2)15(19)11(3)17(18)21/h5-8H,4,9H2,1-3H3,(H,22,23). The van der Waals surface area contributed by atoms with Gasteiger partial charge in [-0.2, -0.15) is 0 Å². The molecule has 0 spiro atoms. The van der Waals surface area contributed by atoms with E-state index in [4.69, 9.17) is 44.3 Å². The molecule has 2 rings (SSSR count). The summed E-state index contributed by atoms with van der Waals surface area (Å²) >= 11 is 18.6. The Morgan fingerprint density at radius 2 is 1.52 bits per heavy atom. The summed E-state index contributed by atoms with van der Waals surface area (Å²) in [6.45, 7) is 5.79. The molecule has 1 amide bonds. The van der Waals surface area contributed by atoms with Crippen LogP contribution >= 0.6 is 34.8 Å². The van der Waals surface area contributed by atoms with Crippen molar-refractivity contribution in [2.45, 2.75) is 20.8 Å². The third-order valence-electron chi connectivity index (χ3n) is 3.51. The summed E-state index contributed by atoms with van der Waals surface area (Å²) in [5, 5.41) is 3.82. The van der Waals surface area contributed by atoms with E-state index in [9.17, 15) is 4.79 Å². The van der Waals surface area contributed by atoms with Crippen LogP contribution in [-0.4, -0.2) is 19.1 Å². The Balaban J connectivity index is 2.03. The molecule has 4 nitrogen and oxygen atoms in total. The number of hydrogen-bond donors (Lipinski definition) is 1. The zero-order valence-electron chi connectivity index (χ0n) is 14.1. The fourth-order valence-electron chi connectivity index (χ4n) is 2.17. The highest BCUT2D eigenvalue weighted by atomic mass is 35.5. The number of ether oxygens (including phenoxy) is 2. The molecule has 0 saturated heterocycles. The number of benzene rings is 2. The van der Waals surface area contributed by atoms with Gasteiger partial charge in [-0.15, -0.1) is 0 Å². The van der Waals surface area contributed by atoms with Crippen LogP contribution in [0.4, 0.5) is 5.69 Å². The van der Waals surface area contributed by atoms with Crippen molar-refractivity contribution in [2.75, 3.05) is 18.5 Å². The average molecular weight is 403 g/mol. The fraction of sp³-hybridized carbons (Fsp3) is 0.278. The second-order valence-electron chi connectivity index (χ2n) is 5.32. The van der Waals surface area contributed by atoms with Crippen LogP contribution in [-0.2, 0) is 4.79 Å². The van der Waals surface area contributed by atoms with Gasteiger partial charge in [0.05, 0.1) is 16.7 Å². The molecular formula is C18H18Cl3NO3. The zero-order valence-corrected chi connectivity index (χ0v) is 16.4. The van der Waals surface area contributed by atoms with Crippen LogP contribution in [0.25, 0.3) is 0 Å². The number of amides is 1. The van der Waals surface area contributed by atoms with Gasteiger partial charge in [-0.1, -0.05) is 34.8 Å². The van der Waals surface area contributed by atoms with Crippen molar-refractivity contribution in [1.29, 1.82) is 0 Å². The Morgan fingerprint density at radius 1 is 0.960 bits per heavy atom. The Kier molecular flexibility index (Phi) is 6.82. The first-order chi connectivity index (χ1) is 11.8. The van der Waals surface area contributed by atoms with E-state index in [-0.39, 0.29) is 18.3 Å². The molecule has 0 aromatic heterocycles. The second-order valence-corrected chi connectivity index (χ2v) is 6.45.